The number of nitro groups is 1. The molecule has 1 amide bonds. The van der Waals surface area contributed by atoms with E-state index in [1.54, 1.807) is 49.1 Å². The van der Waals surface area contributed by atoms with Crippen LogP contribution in [0.25, 0.3) is 5.76 Å². The maximum absolute atomic E-state index is 13.2. The number of aliphatic hydroxyl groups is 1. The quantitative estimate of drug-likeness (QED) is 0.149. The van der Waals surface area contributed by atoms with Crippen molar-refractivity contribution >= 4 is 23.1 Å². The number of amides is 1. The Kier molecular flexibility index (Phi) is 7.43. The Labute approximate surface area is 207 Å². The number of likely N-dealkylation sites (tertiary alicyclic amines) is 1. The van der Waals surface area contributed by atoms with E-state index in [0.29, 0.717) is 36.4 Å². The van der Waals surface area contributed by atoms with Crippen molar-refractivity contribution in [3.8, 4) is 5.75 Å². The van der Waals surface area contributed by atoms with E-state index in [1.165, 1.54) is 23.1 Å². The SMILES string of the molecule is CCCOc1ccc(C(O)=C2C(=O)C(=O)N(CCCn3ccnc3)[C@H]2c2cccc([N+](=O)[O-])c2)cc1. The molecule has 1 saturated heterocycles. The highest BCUT2D eigenvalue weighted by atomic mass is 16.6. The molecule has 1 fully saturated rings. The van der Waals surface area contributed by atoms with Crippen LogP contribution in [-0.2, 0) is 16.1 Å². The van der Waals surface area contributed by atoms with E-state index >= 15 is 0 Å². The van der Waals surface area contributed by atoms with E-state index in [4.69, 9.17) is 4.74 Å². The van der Waals surface area contributed by atoms with Gasteiger partial charge in [0.2, 0.25) is 0 Å². The topological polar surface area (TPSA) is 128 Å². The molecule has 10 nitrogen and oxygen atoms in total. The van der Waals surface area contributed by atoms with Crippen molar-refractivity contribution in [2.75, 3.05) is 13.2 Å². The predicted octanol–water partition coefficient (Wildman–Crippen LogP) is 4.09. The van der Waals surface area contributed by atoms with Crippen molar-refractivity contribution in [3.63, 3.8) is 0 Å². The number of Topliss-reactive ketones (excluding diaryl/α,β-unsaturated/α-hetero) is 1. The summed E-state index contributed by atoms with van der Waals surface area (Å²) in [6.07, 6.45) is 6.45. The molecule has 0 bridgehead atoms. The Balaban J connectivity index is 1.72. The van der Waals surface area contributed by atoms with Crippen molar-refractivity contribution in [2.45, 2.75) is 32.4 Å². The molecule has 0 radical (unpaired) electrons. The number of hydrogen-bond donors (Lipinski definition) is 1. The molecular weight excluding hydrogens is 464 g/mol. The molecule has 2 heterocycles. The van der Waals surface area contributed by atoms with Crippen LogP contribution < -0.4 is 4.74 Å². The van der Waals surface area contributed by atoms with Crippen molar-refractivity contribution in [1.29, 1.82) is 0 Å². The number of nitrogens with zero attached hydrogens (tertiary/aromatic N) is 4. The minimum atomic E-state index is -0.969. The lowest BCUT2D eigenvalue weighted by molar-refractivity contribution is -0.384. The largest absolute Gasteiger partial charge is 0.507 e. The molecule has 4 rings (SSSR count). The Morgan fingerprint density at radius 3 is 2.61 bits per heavy atom. The third-order valence-corrected chi connectivity index (χ3v) is 5.91. The van der Waals surface area contributed by atoms with Crippen LogP contribution in [0.2, 0.25) is 0 Å². The van der Waals surface area contributed by atoms with Gasteiger partial charge in [0.25, 0.3) is 17.4 Å². The van der Waals surface area contributed by atoms with Gasteiger partial charge in [-0.25, -0.2) is 4.98 Å². The van der Waals surface area contributed by atoms with Gasteiger partial charge in [-0.3, -0.25) is 19.7 Å². The normalized spacial score (nSPS) is 16.9. The molecule has 2 aromatic carbocycles. The molecule has 0 unspecified atom stereocenters. The third-order valence-electron chi connectivity index (χ3n) is 5.91. The van der Waals surface area contributed by atoms with E-state index in [1.807, 2.05) is 11.5 Å². The van der Waals surface area contributed by atoms with Gasteiger partial charge in [-0.05, 0) is 42.7 Å². The zero-order chi connectivity index (χ0) is 25.7. The lowest BCUT2D eigenvalue weighted by Gasteiger charge is -2.25. The molecule has 3 aromatic rings. The van der Waals surface area contributed by atoms with Crippen LogP contribution in [0, 0.1) is 10.1 Å². The smallest absolute Gasteiger partial charge is 0.295 e. The number of nitro benzene ring substituents is 1. The molecule has 186 valence electrons. The van der Waals surface area contributed by atoms with Crippen molar-refractivity contribution < 1.29 is 24.4 Å². The molecular formula is C26H26N4O6. The number of hydrogen-bond acceptors (Lipinski definition) is 7. The highest BCUT2D eigenvalue weighted by molar-refractivity contribution is 6.46. The van der Waals surface area contributed by atoms with Gasteiger partial charge in [0.15, 0.2) is 0 Å². The first-order valence-corrected chi connectivity index (χ1v) is 11.6. The number of aryl methyl sites for hydroxylation is 1. The predicted molar refractivity (Wildman–Crippen MR) is 131 cm³/mol. The van der Waals surface area contributed by atoms with Crippen LogP contribution >= 0.6 is 0 Å². The van der Waals surface area contributed by atoms with Crippen LogP contribution in [0.4, 0.5) is 5.69 Å². The van der Waals surface area contributed by atoms with E-state index < -0.39 is 22.7 Å². The maximum Gasteiger partial charge on any atom is 0.295 e. The summed E-state index contributed by atoms with van der Waals surface area (Å²) in [5.41, 5.74) is 0.431. The Morgan fingerprint density at radius 1 is 1.17 bits per heavy atom. The van der Waals surface area contributed by atoms with Gasteiger partial charge < -0.3 is 19.3 Å². The summed E-state index contributed by atoms with van der Waals surface area (Å²) in [4.78, 5) is 42.4. The molecule has 1 atom stereocenters. The molecule has 1 aliphatic heterocycles. The number of aromatic nitrogens is 2. The van der Waals surface area contributed by atoms with E-state index in [9.17, 15) is 24.8 Å². The number of aliphatic hydroxyl groups excluding tert-OH is 1. The monoisotopic (exact) mass is 490 g/mol. The van der Waals surface area contributed by atoms with Crippen LogP contribution in [0.5, 0.6) is 5.75 Å². The van der Waals surface area contributed by atoms with Gasteiger partial charge in [-0.15, -0.1) is 0 Å². The number of ether oxygens (including phenoxy) is 1. The van der Waals surface area contributed by atoms with Crippen LogP contribution in [0.3, 0.4) is 0 Å². The number of ketones is 1. The number of non-ortho nitro benzene ring substituents is 1. The van der Waals surface area contributed by atoms with Gasteiger partial charge in [0.1, 0.15) is 11.5 Å². The lowest BCUT2D eigenvalue weighted by atomic mass is 9.95. The lowest BCUT2D eigenvalue weighted by Crippen LogP contribution is -2.31. The van der Waals surface area contributed by atoms with Crippen molar-refractivity contribution in [3.05, 3.63) is 94.1 Å². The van der Waals surface area contributed by atoms with E-state index in [-0.39, 0.29) is 23.6 Å². The number of carbonyl (C=O) groups is 2. The summed E-state index contributed by atoms with van der Waals surface area (Å²) in [5, 5.41) is 22.6. The van der Waals surface area contributed by atoms with Gasteiger partial charge in [0, 0.05) is 43.2 Å². The fourth-order valence-corrected chi connectivity index (χ4v) is 4.19. The summed E-state index contributed by atoms with van der Waals surface area (Å²) < 4.78 is 7.42. The maximum atomic E-state index is 13.2. The fourth-order valence-electron chi connectivity index (χ4n) is 4.19. The average molecular weight is 491 g/mol. The summed E-state index contributed by atoms with van der Waals surface area (Å²) in [5.74, 6) is -1.33. The standard InChI is InChI=1S/C26H26N4O6/c1-2-15-36-21-9-7-18(8-10-21)24(31)22-23(19-5-3-6-20(16-19)30(34)35)29(26(33)25(22)32)13-4-12-28-14-11-27-17-28/h3,5-11,14,16-17,23,31H,2,4,12-13,15H2,1H3/t23-/m0/s1. The zero-order valence-electron chi connectivity index (χ0n) is 19.7. The van der Waals surface area contributed by atoms with Crippen LogP contribution in [0.1, 0.15) is 36.9 Å². The summed E-state index contributed by atoms with van der Waals surface area (Å²) in [6, 6.07) is 11.4. The fraction of sp³-hybridized carbons (Fsp3) is 0.269. The van der Waals surface area contributed by atoms with E-state index in [2.05, 4.69) is 4.98 Å². The molecule has 1 aliphatic rings. The summed E-state index contributed by atoms with van der Waals surface area (Å²) in [6.45, 7) is 3.30. The number of benzene rings is 2. The summed E-state index contributed by atoms with van der Waals surface area (Å²) in [7, 11) is 0. The molecule has 10 heteroatoms. The second-order valence-corrected chi connectivity index (χ2v) is 8.37. The molecule has 1 N–H and O–H groups in total. The number of imidazole rings is 1. The van der Waals surface area contributed by atoms with Crippen LogP contribution in [-0.4, -0.2) is 49.3 Å². The minimum Gasteiger partial charge on any atom is -0.507 e. The Morgan fingerprint density at radius 2 is 1.94 bits per heavy atom. The molecule has 0 spiro atoms. The minimum absolute atomic E-state index is 0.106. The summed E-state index contributed by atoms with van der Waals surface area (Å²) >= 11 is 0. The highest BCUT2D eigenvalue weighted by Crippen LogP contribution is 2.40. The van der Waals surface area contributed by atoms with Gasteiger partial charge >= 0.3 is 0 Å². The highest BCUT2D eigenvalue weighted by Gasteiger charge is 2.46. The van der Waals surface area contributed by atoms with Gasteiger partial charge in [-0.2, -0.15) is 0 Å². The molecule has 0 aliphatic carbocycles. The average Bonchev–Trinajstić information content (AvgIpc) is 3.50. The second kappa shape index (κ2) is 10.9. The molecule has 36 heavy (non-hydrogen) atoms. The number of rotatable bonds is 10. The first-order chi connectivity index (χ1) is 17.4. The Bertz CT molecular complexity index is 1280. The van der Waals surface area contributed by atoms with Crippen molar-refractivity contribution in [2.24, 2.45) is 0 Å². The van der Waals surface area contributed by atoms with E-state index in [0.717, 1.165) is 6.42 Å². The number of carbonyl (C=O) groups excluding carboxylic acids is 2. The Hall–Kier alpha value is -4.47. The zero-order valence-corrected chi connectivity index (χ0v) is 19.7. The van der Waals surface area contributed by atoms with Gasteiger partial charge in [0.05, 0.1) is 29.5 Å². The second-order valence-electron chi connectivity index (χ2n) is 8.37. The third kappa shape index (κ3) is 5.12. The van der Waals surface area contributed by atoms with Crippen molar-refractivity contribution in [1.82, 2.24) is 14.5 Å². The van der Waals surface area contributed by atoms with Gasteiger partial charge in [-0.1, -0.05) is 19.1 Å². The van der Waals surface area contributed by atoms with Crippen LogP contribution in [0.15, 0.2) is 72.8 Å². The molecule has 1 aromatic heterocycles. The first-order valence-electron chi connectivity index (χ1n) is 11.6. The first kappa shape index (κ1) is 24.6. The molecule has 0 saturated carbocycles.